The molecule has 0 radical (unpaired) electrons. The second kappa shape index (κ2) is 9.47. The van der Waals surface area contributed by atoms with Crippen LogP contribution in [0.2, 0.25) is 0 Å². The van der Waals surface area contributed by atoms with Crippen LogP contribution in [-0.4, -0.2) is 88.6 Å². The van der Waals surface area contributed by atoms with E-state index in [0.29, 0.717) is 58.1 Å². The third kappa shape index (κ3) is 4.80. The Hall–Kier alpha value is -3.27. The Morgan fingerprint density at radius 3 is 2.56 bits per heavy atom. The number of benzene rings is 1. The molecule has 0 atom stereocenters. The first kappa shape index (κ1) is 21.9. The predicted octanol–water partition coefficient (Wildman–Crippen LogP) is 0.999. The number of aromatic nitrogens is 2. The highest BCUT2D eigenvalue weighted by atomic mass is 19.1. The molecule has 2 aliphatic rings. The van der Waals surface area contributed by atoms with E-state index in [-0.39, 0.29) is 29.9 Å². The summed E-state index contributed by atoms with van der Waals surface area (Å²) in [6.45, 7) is 3.34. The molecule has 170 valence electrons. The van der Waals surface area contributed by atoms with Crippen molar-refractivity contribution in [3.63, 3.8) is 0 Å². The molecule has 1 saturated heterocycles. The molecule has 4 rings (SSSR count). The Morgan fingerprint density at radius 1 is 1.12 bits per heavy atom. The number of halogens is 1. The number of likely N-dealkylation sites (N-methyl/N-ethyl adjacent to an activating group) is 1. The van der Waals surface area contributed by atoms with Gasteiger partial charge in [-0.25, -0.2) is 4.39 Å². The van der Waals surface area contributed by atoms with Crippen molar-refractivity contribution in [1.82, 2.24) is 24.5 Å². The molecule has 0 unspecified atom stereocenters. The summed E-state index contributed by atoms with van der Waals surface area (Å²) in [4.78, 5) is 43.1. The van der Waals surface area contributed by atoms with Crippen LogP contribution in [0, 0.1) is 5.82 Å². The van der Waals surface area contributed by atoms with Crippen LogP contribution >= 0.6 is 0 Å². The number of ether oxygens (including phenoxy) is 1. The van der Waals surface area contributed by atoms with Gasteiger partial charge < -0.3 is 19.4 Å². The van der Waals surface area contributed by atoms with Crippen molar-refractivity contribution in [2.75, 3.05) is 46.4 Å². The zero-order chi connectivity index (χ0) is 22.7. The molecule has 9 nitrogen and oxygen atoms in total. The highest BCUT2D eigenvalue weighted by Crippen LogP contribution is 2.18. The number of hydrogen-bond acceptors (Lipinski definition) is 5. The number of carbonyl (C=O) groups excluding carboxylic acids is 3. The molecule has 2 aromatic rings. The largest absolute Gasteiger partial charge is 0.378 e. The minimum Gasteiger partial charge on any atom is -0.378 e. The van der Waals surface area contributed by atoms with Crippen molar-refractivity contribution in [3.05, 3.63) is 53.1 Å². The Labute approximate surface area is 185 Å². The lowest BCUT2D eigenvalue weighted by atomic mass is 10.2. The fourth-order valence-corrected chi connectivity index (χ4v) is 3.88. The molecule has 0 N–H and O–H groups in total. The smallest absolute Gasteiger partial charge is 0.274 e. The summed E-state index contributed by atoms with van der Waals surface area (Å²) in [5, 5.41) is 4.34. The van der Waals surface area contributed by atoms with Crippen LogP contribution in [0.3, 0.4) is 0 Å². The molecular weight excluding hydrogens is 417 g/mol. The van der Waals surface area contributed by atoms with Gasteiger partial charge in [0.25, 0.3) is 11.8 Å². The van der Waals surface area contributed by atoms with Crippen LogP contribution in [0.25, 0.3) is 0 Å². The molecule has 0 spiro atoms. The number of aryl methyl sites for hydroxylation is 1. The molecule has 1 aromatic heterocycles. The first-order valence-electron chi connectivity index (χ1n) is 10.6. The molecular formula is C22H26FN5O4. The molecule has 0 saturated carbocycles. The molecule has 2 aliphatic heterocycles. The summed E-state index contributed by atoms with van der Waals surface area (Å²) in [5.74, 6) is -1.12. The van der Waals surface area contributed by atoms with Crippen LogP contribution < -0.4 is 0 Å². The third-order valence-electron chi connectivity index (χ3n) is 5.67. The van der Waals surface area contributed by atoms with E-state index in [9.17, 15) is 18.8 Å². The van der Waals surface area contributed by atoms with E-state index >= 15 is 0 Å². The Bertz CT molecular complexity index is 1000. The number of nitrogens with zero attached hydrogens (tertiary/aromatic N) is 5. The van der Waals surface area contributed by atoms with E-state index in [2.05, 4.69) is 5.10 Å². The van der Waals surface area contributed by atoms with Crippen molar-refractivity contribution in [3.8, 4) is 0 Å². The summed E-state index contributed by atoms with van der Waals surface area (Å²) >= 11 is 0. The van der Waals surface area contributed by atoms with Crippen LogP contribution in [0.5, 0.6) is 0 Å². The van der Waals surface area contributed by atoms with Gasteiger partial charge in [-0.15, -0.1) is 0 Å². The minimum atomic E-state index is -0.412. The maximum atomic E-state index is 13.2. The van der Waals surface area contributed by atoms with E-state index < -0.39 is 5.91 Å². The van der Waals surface area contributed by atoms with Crippen LogP contribution in [0.15, 0.2) is 30.3 Å². The minimum absolute atomic E-state index is 0.0638. The monoisotopic (exact) mass is 443 g/mol. The lowest BCUT2D eigenvalue weighted by molar-refractivity contribution is -0.135. The topological polar surface area (TPSA) is 88.0 Å². The zero-order valence-electron chi connectivity index (χ0n) is 18.0. The van der Waals surface area contributed by atoms with Gasteiger partial charge in [0.2, 0.25) is 5.91 Å². The van der Waals surface area contributed by atoms with Gasteiger partial charge in [0.1, 0.15) is 11.5 Å². The second-order valence-corrected chi connectivity index (χ2v) is 8.00. The summed E-state index contributed by atoms with van der Waals surface area (Å²) < 4.78 is 20.0. The van der Waals surface area contributed by atoms with E-state index in [1.54, 1.807) is 33.7 Å². The molecule has 0 bridgehead atoms. The number of morpholine rings is 1. The Morgan fingerprint density at radius 2 is 1.84 bits per heavy atom. The summed E-state index contributed by atoms with van der Waals surface area (Å²) in [6.07, 6.45) is 0.681. The van der Waals surface area contributed by atoms with Crippen molar-refractivity contribution >= 4 is 17.7 Å². The van der Waals surface area contributed by atoms with Crippen molar-refractivity contribution in [2.45, 2.75) is 19.5 Å². The van der Waals surface area contributed by atoms with Crippen LogP contribution in [0.4, 0.5) is 4.39 Å². The van der Waals surface area contributed by atoms with Gasteiger partial charge in [0.15, 0.2) is 5.69 Å². The van der Waals surface area contributed by atoms with Crippen molar-refractivity contribution in [1.29, 1.82) is 0 Å². The Balaban J connectivity index is 1.44. The van der Waals surface area contributed by atoms with Gasteiger partial charge in [0, 0.05) is 45.8 Å². The van der Waals surface area contributed by atoms with E-state index in [4.69, 9.17) is 4.74 Å². The Kier molecular flexibility index (Phi) is 6.50. The first-order valence-corrected chi connectivity index (χ1v) is 10.6. The van der Waals surface area contributed by atoms with E-state index in [0.717, 1.165) is 5.56 Å². The van der Waals surface area contributed by atoms with Crippen LogP contribution in [0.1, 0.15) is 33.0 Å². The molecule has 3 amide bonds. The lowest BCUT2D eigenvalue weighted by Gasteiger charge is -2.28. The molecule has 10 heteroatoms. The van der Waals surface area contributed by atoms with E-state index in [1.807, 2.05) is 0 Å². The maximum absolute atomic E-state index is 13.2. The van der Waals surface area contributed by atoms with Gasteiger partial charge >= 0.3 is 0 Å². The number of fused-ring (bicyclic) bond motifs is 1. The van der Waals surface area contributed by atoms with Crippen LogP contribution in [-0.2, 0) is 22.6 Å². The summed E-state index contributed by atoms with van der Waals surface area (Å²) in [5.41, 5.74) is 1.29. The number of rotatable bonds is 5. The number of hydrogen-bond donors (Lipinski definition) is 0. The average molecular weight is 443 g/mol. The quantitative estimate of drug-likeness (QED) is 0.688. The standard InChI is InChI=1S/C22H26FN5O4/c1-25(15-20(29)26-9-11-32-12-10-26)21(30)18-13-19-22(31)27(7-2-8-28(19)24-18)14-16-3-5-17(23)6-4-16/h3-6,13H,2,7-12,14-15H2,1H3. The number of carbonyl (C=O) groups is 3. The molecule has 1 fully saturated rings. The molecule has 0 aliphatic carbocycles. The predicted molar refractivity (Wildman–Crippen MR) is 112 cm³/mol. The normalized spacial score (nSPS) is 16.5. The lowest BCUT2D eigenvalue weighted by Crippen LogP contribution is -2.46. The van der Waals surface area contributed by atoms with Gasteiger partial charge in [0.05, 0.1) is 19.8 Å². The summed E-state index contributed by atoms with van der Waals surface area (Å²) in [7, 11) is 1.55. The maximum Gasteiger partial charge on any atom is 0.274 e. The zero-order valence-corrected chi connectivity index (χ0v) is 18.0. The van der Waals surface area contributed by atoms with E-state index in [1.165, 1.54) is 23.1 Å². The van der Waals surface area contributed by atoms with Crippen molar-refractivity contribution in [2.24, 2.45) is 0 Å². The molecule has 32 heavy (non-hydrogen) atoms. The fourth-order valence-electron chi connectivity index (χ4n) is 3.88. The fraction of sp³-hybridized carbons (Fsp3) is 0.455. The van der Waals surface area contributed by atoms with Crippen molar-refractivity contribution < 1.29 is 23.5 Å². The second-order valence-electron chi connectivity index (χ2n) is 8.00. The van der Waals surface area contributed by atoms with Gasteiger partial charge in [-0.3, -0.25) is 19.1 Å². The van der Waals surface area contributed by atoms with Gasteiger partial charge in [-0.2, -0.15) is 5.10 Å². The SMILES string of the molecule is CN(CC(=O)N1CCOCC1)C(=O)c1cc2n(n1)CCCN(Cc1ccc(F)cc1)C2=O. The summed E-state index contributed by atoms with van der Waals surface area (Å²) in [6, 6.07) is 7.53. The first-order chi connectivity index (χ1) is 15.4. The van der Waals surface area contributed by atoms with Gasteiger partial charge in [-0.1, -0.05) is 12.1 Å². The third-order valence-corrected chi connectivity index (χ3v) is 5.67. The number of amides is 3. The van der Waals surface area contributed by atoms with Gasteiger partial charge in [-0.05, 0) is 24.1 Å². The molecule has 1 aromatic carbocycles. The average Bonchev–Trinajstić information content (AvgIpc) is 3.17. The highest BCUT2D eigenvalue weighted by molar-refractivity contribution is 5.99. The molecule has 3 heterocycles. The highest BCUT2D eigenvalue weighted by Gasteiger charge is 2.28.